The zero-order chi connectivity index (χ0) is 25.5. The highest BCUT2D eigenvalue weighted by Gasteiger charge is 2.67. The molecule has 37 heavy (non-hydrogen) atoms. The third kappa shape index (κ3) is 3.08. The van der Waals surface area contributed by atoms with Crippen LogP contribution in [0, 0.1) is 12.8 Å². The van der Waals surface area contributed by atoms with Gasteiger partial charge in [0.15, 0.2) is 5.78 Å². The number of anilines is 1. The number of hydrogen-bond donors (Lipinski definition) is 2. The molecule has 0 bridgehead atoms. The number of aryl methyl sites for hydroxylation is 1. The molecule has 2 N–H and O–H groups in total. The normalized spacial score (nSPS) is 21.2. The minimum Gasteiger partial charge on any atom is -0.508 e. The molecule has 1 saturated carbocycles. The van der Waals surface area contributed by atoms with E-state index in [4.69, 9.17) is 0 Å². The van der Waals surface area contributed by atoms with Crippen molar-refractivity contribution in [2.24, 2.45) is 5.92 Å². The highest BCUT2D eigenvalue weighted by molar-refractivity contribution is 6.10. The van der Waals surface area contributed by atoms with E-state index in [9.17, 15) is 19.5 Å². The lowest BCUT2D eigenvalue weighted by Crippen LogP contribution is -2.34. The second-order valence-electron chi connectivity index (χ2n) is 9.99. The highest BCUT2D eigenvalue weighted by atomic mass is 16.3. The molecule has 3 aliphatic rings. The Morgan fingerprint density at radius 3 is 2.70 bits per heavy atom. The second-order valence-corrected chi connectivity index (χ2v) is 9.99. The van der Waals surface area contributed by atoms with Crippen LogP contribution in [0.3, 0.4) is 0 Å². The molecule has 2 aromatic heterocycles. The van der Waals surface area contributed by atoms with Crippen molar-refractivity contribution in [1.29, 1.82) is 0 Å². The number of allylic oxidation sites excluding steroid dienone is 2. The van der Waals surface area contributed by atoms with Crippen LogP contribution in [0.25, 0.3) is 5.65 Å². The predicted octanol–water partition coefficient (Wildman–Crippen LogP) is 4.09. The van der Waals surface area contributed by atoms with Gasteiger partial charge >= 0.3 is 0 Å². The second kappa shape index (κ2) is 7.39. The summed E-state index contributed by atoms with van der Waals surface area (Å²) in [7, 11) is 0. The Bertz CT molecular complexity index is 1700. The van der Waals surface area contributed by atoms with Crippen LogP contribution in [0.2, 0.25) is 0 Å². The maximum atomic E-state index is 13.6. The Balaban J connectivity index is 1.17. The largest absolute Gasteiger partial charge is 0.508 e. The van der Waals surface area contributed by atoms with Gasteiger partial charge in [0, 0.05) is 47.3 Å². The topological polar surface area (TPSA) is 104 Å². The van der Waals surface area contributed by atoms with Gasteiger partial charge in [-0.2, -0.15) is 0 Å². The molecule has 1 saturated heterocycles. The molecule has 8 heteroatoms. The summed E-state index contributed by atoms with van der Waals surface area (Å²) >= 11 is 0. The Morgan fingerprint density at radius 1 is 1.08 bits per heavy atom. The maximum Gasteiger partial charge on any atom is 0.278 e. The quantitative estimate of drug-likeness (QED) is 0.450. The first-order valence-corrected chi connectivity index (χ1v) is 12.1. The van der Waals surface area contributed by atoms with Crippen LogP contribution in [-0.4, -0.2) is 43.5 Å². The van der Waals surface area contributed by atoms with Gasteiger partial charge in [0.1, 0.15) is 17.1 Å². The number of phenolic OH excluding ortho intramolecular Hbond substituents is 1. The van der Waals surface area contributed by atoms with Crippen molar-refractivity contribution in [3.63, 3.8) is 0 Å². The van der Waals surface area contributed by atoms with Crippen molar-refractivity contribution in [2.75, 3.05) is 11.9 Å². The van der Waals surface area contributed by atoms with Crippen LogP contribution >= 0.6 is 0 Å². The predicted molar refractivity (Wildman–Crippen MR) is 136 cm³/mol. The molecule has 182 valence electrons. The maximum absolute atomic E-state index is 13.6. The fraction of sp³-hybridized carbons (Fsp3) is 0.172. The van der Waals surface area contributed by atoms with Gasteiger partial charge in [-0.1, -0.05) is 18.2 Å². The number of pyridine rings is 1. The van der Waals surface area contributed by atoms with Crippen LogP contribution in [0.1, 0.15) is 48.8 Å². The van der Waals surface area contributed by atoms with Crippen LogP contribution < -0.4 is 5.32 Å². The van der Waals surface area contributed by atoms with Gasteiger partial charge in [-0.05, 0) is 66.8 Å². The van der Waals surface area contributed by atoms with E-state index in [0.29, 0.717) is 29.4 Å². The molecular weight excluding hydrogens is 468 g/mol. The standard InChI is InChI=1S/C29H22N4O4/c1-16-3-2-4-21-23(35)11-24-29(26(16)21)12-18(29)13-33(24)28(37)22-15-32-14-19(7-10-25(32)31-22)30-27(36)17-5-8-20(34)9-6-17/h2-11,14-15,18,34H,12-13H2,1H3,(H,30,36)/t18-,29?/m1/s1. The average Bonchev–Trinajstić information content (AvgIpc) is 3.26. The van der Waals surface area contributed by atoms with E-state index in [-0.39, 0.29) is 34.5 Å². The summed E-state index contributed by atoms with van der Waals surface area (Å²) < 4.78 is 1.70. The molecule has 1 unspecified atom stereocenters. The average molecular weight is 491 g/mol. The number of fused-ring (bicyclic) bond motifs is 2. The first-order valence-electron chi connectivity index (χ1n) is 12.1. The molecule has 1 aliphatic heterocycles. The summed E-state index contributed by atoms with van der Waals surface area (Å²) in [5, 5.41) is 12.2. The van der Waals surface area contributed by atoms with Gasteiger partial charge < -0.3 is 19.7 Å². The molecule has 8 nitrogen and oxygen atoms in total. The van der Waals surface area contributed by atoms with E-state index >= 15 is 0 Å². The number of likely N-dealkylation sites (tertiary alicyclic amines) is 1. The highest BCUT2D eigenvalue weighted by Crippen LogP contribution is 2.67. The number of benzene rings is 2. The molecule has 7 rings (SSSR count). The Hall–Kier alpha value is -4.72. The number of ketones is 1. The van der Waals surface area contributed by atoms with E-state index in [1.165, 1.54) is 24.3 Å². The van der Waals surface area contributed by atoms with Crippen molar-refractivity contribution in [3.8, 4) is 5.75 Å². The number of amides is 2. The number of nitrogens with one attached hydrogen (secondary N) is 1. The Morgan fingerprint density at radius 2 is 1.89 bits per heavy atom. The number of piperidine rings is 1. The van der Waals surface area contributed by atoms with Crippen LogP contribution in [0.5, 0.6) is 5.75 Å². The monoisotopic (exact) mass is 490 g/mol. The molecule has 2 aromatic carbocycles. The van der Waals surface area contributed by atoms with Gasteiger partial charge in [-0.25, -0.2) is 4.98 Å². The van der Waals surface area contributed by atoms with Gasteiger partial charge in [0.05, 0.1) is 5.69 Å². The lowest BCUT2D eigenvalue weighted by molar-refractivity contribution is 0.0806. The Kier molecular flexibility index (Phi) is 4.31. The van der Waals surface area contributed by atoms with E-state index in [1.54, 1.807) is 39.9 Å². The van der Waals surface area contributed by atoms with Crippen molar-refractivity contribution >= 4 is 28.9 Å². The molecule has 0 radical (unpaired) electrons. The first kappa shape index (κ1) is 21.6. The molecule has 3 heterocycles. The molecule has 2 aliphatic carbocycles. The van der Waals surface area contributed by atoms with Crippen molar-refractivity contribution in [3.05, 3.63) is 107 Å². The van der Waals surface area contributed by atoms with Crippen LogP contribution in [0.15, 0.2) is 78.8 Å². The van der Waals surface area contributed by atoms with Gasteiger partial charge in [0.2, 0.25) is 0 Å². The van der Waals surface area contributed by atoms with Crippen molar-refractivity contribution < 1.29 is 19.5 Å². The number of aromatic nitrogens is 2. The zero-order valence-corrected chi connectivity index (χ0v) is 19.9. The van der Waals surface area contributed by atoms with E-state index in [1.807, 2.05) is 25.1 Å². The van der Waals surface area contributed by atoms with E-state index in [2.05, 4.69) is 10.3 Å². The molecule has 2 amide bonds. The summed E-state index contributed by atoms with van der Waals surface area (Å²) in [5.74, 6) is -0.228. The number of phenols is 1. The van der Waals surface area contributed by atoms with E-state index < -0.39 is 0 Å². The smallest absolute Gasteiger partial charge is 0.278 e. The first-order chi connectivity index (χ1) is 17.8. The molecule has 4 aromatic rings. The summed E-state index contributed by atoms with van der Waals surface area (Å²) in [5.41, 5.74) is 5.23. The summed E-state index contributed by atoms with van der Waals surface area (Å²) in [6.07, 6.45) is 5.93. The third-order valence-corrected chi connectivity index (χ3v) is 7.81. The summed E-state index contributed by atoms with van der Waals surface area (Å²) in [6, 6.07) is 15.3. The lowest BCUT2D eigenvalue weighted by atomic mass is 9.79. The number of rotatable bonds is 3. The number of carbonyl (C=O) groups is 3. The van der Waals surface area contributed by atoms with E-state index in [0.717, 1.165) is 28.8 Å². The number of aromatic hydroxyl groups is 1. The fourth-order valence-electron chi connectivity index (χ4n) is 6.05. The molecule has 2 atom stereocenters. The van der Waals surface area contributed by atoms with Crippen LogP contribution in [0.4, 0.5) is 5.69 Å². The molecule has 2 fully saturated rings. The fourth-order valence-corrected chi connectivity index (χ4v) is 6.05. The SMILES string of the molecule is Cc1cccc2c1C13C[C@@H]1CN(C(=O)c1cn4cc(NC(=O)c5ccc(O)cc5)ccc4n1)C3=CC2=O. The minimum atomic E-state index is -0.318. The van der Waals surface area contributed by atoms with Crippen molar-refractivity contribution in [1.82, 2.24) is 14.3 Å². The molecular formula is C29H22N4O4. The number of imidazole rings is 1. The lowest BCUT2D eigenvalue weighted by Gasteiger charge is -2.30. The van der Waals surface area contributed by atoms with Gasteiger partial charge in [-0.3, -0.25) is 14.4 Å². The minimum absolute atomic E-state index is 0.0614. The number of hydrogen-bond acceptors (Lipinski definition) is 5. The number of carbonyl (C=O) groups excluding carboxylic acids is 3. The summed E-state index contributed by atoms with van der Waals surface area (Å²) in [4.78, 5) is 45.4. The van der Waals surface area contributed by atoms with Crippen molar-refractivity contribution in [2.45, 2.75) is 18.8 Å². The van der Waals surface area contributed by atoms with Gasteiger partial charge in [-0.15, -0.1) is 0 Å². The zero-order valence-electron chi connectivity index (χ0n) is 19.9. The Labute approximate surface area is 211 Å². The molecule has 1 spiro atoms. The summed E-state index contributed by atoms with van der Waals surface area (Å²) in [6.45, 7) is 2.59. The third-order valence-electron chi connectivity index (χ3n) is 7.81. The number of nitrogens with zero attached hydrogens (tertiary/aromatic N) is 3. The van der Waals surface area contributed by atoms with Gasteiger partial charge in [0.25, 0.3) is 11.8 Å². The van der Waals surface area contributed by atoms with Crippen LogP contribution in [-0.2, 0) is 5.41 Å².